The fraction of sp³-hybridized carbons (Fsp3) is 0.182. The van der Waals surface area contributed by atoms with Gasteiger partial charge in [0.2, 0.25) is 0 Å². The molecule has 0 fully saturated rings. The zero-order valence-corrected chi connectivity index (χ0v) is 7.53. The number of benzene rings is 1. The van der Waals surface area contributed by atoms with E-state index in [4.69, 9.17) is 0 Å². The zero-order valence-electron chi connectivity index (χ0n) is 7.53. The van der Waals surface area contributed by atoms with Crippen molar-refractivity contribution in [2.24, 2.45) is 0 Å². The Morgan fingerprint density at radius 3 is 2.77 bits per heavy atom. The van der Waals surface area contributed by atoms with Crippen molar-refractivity contribution in [3.63, 3.8) is 0 Å². The Hall–Kier alpha value is -1.57. The van der Waals surface area contributed by atoms with Crippen LogP contribution in [0.2, 0.25) is 0 Å². The first kappa shape index (κ1) is 9.52. The van der Waals surface area contributed by atoms with Crippen LogP contribution in [-0.2, 0) is 0 Å². The number of phenolic OH excluding ortho intramolecular Hbond substituents is 1. The largest absolute Gasteiger partial charge is 0.507 e. The Balaban J connectivity index is 3.22. The summed E-state index contributed by atoms with van der Waals surface area (Å²) in [4.78, 5) is 10.5. The van der Waals surface area contributed by atoms with Crippen molar-refractivity contribution in [1.29, 1.82) is 0 Å². The van der Waals surface area contributed by atoms with Gasteiger partial charge in [-0.15, -0.1) is 6.58 Å². The van der Waals surface area contributed by atoms with Crippen molar-refractivity contribution >= 4 is 6.29 Å². The molecule has 0 saturated heterocycles. The van der Waals surface area contributed by atoms with E-state index in [1.165, 1.54) is 0 Å². The van der Waals surface area contributed by atoms with E-state index in [1.54, 1.807) is 24.3 Å². The van der Waals surface area contributed by atoms with Gasteiger partial charge in [0.05, 0.1) is 5.56 Å². The number of rotatable bonds is 3. The first-order valence-electron chi connectivity index (χ1n) is 4.10. The quantitative estimate of drug-likeness (QED) is 0.567. The van der Waals surface area contributed by atoms with Crippen molar-refractivity contribution < 1.29 is 9.90 Å². The van der Waals surface area contributed by atoms with E-state index < -0.39 is 0 Å². The number of para-hydroxylation sites is 1. The summed E-state index contributed by atoms with van der Waals surface area (Å²) >= 11 is 0. The number of phenols is 1. The molecule has 1 aromatic carbocycles. The molecule has 1 atom stereocenters. The molecule has 2 heteroatoms. The Kier molecular flexibility index (Phi) is 2.85. The maximum atomic E-state index is 10.5. The predicted molar refractivity (Wildman–Crippen MR) is 52.1 cm³/mol. The van der Waals surface area contributed by atoms with E-state index >= 15 is 0 Å². The molecule has 0 aliphatic rings. The Morgan fingerprint density at radius 1 is 1.54 bits per heavy atom. The summed E-state index contributed by atoms with van der Waals surface area (Å²) < 4.78 is 0. The van der Waals surface area contributed by atoms with Crippen LogP contribution in [0.15, 0.2) is 30.9 Å². The summed E-state index contributed by atoms with van der Waals surface area (Å²) in [6, 6.07) is 5.12. The van der Waals surface area contributed by atoms with Gasteiger partial charge >= 0.3 is 0 Å². The number of allylic oxidation sites excluding steroid dienone is 1. The number of aromatic hydroxyl groups is 1. The number of hydrogen-bond donors (Lipinski definition) is 1. The van der Waals surface area contributed by atoms with Gasteiger partial charge in [0, 0.05) is 11.5 Å². The van der Waals surface area contributed by atoms with Crippen LogP contribution in [0.3, 0.4) is 0 Å². The second kappa shape index (κ2) is 3.90. The van der Waals surface area contributed by atoms with Gasteiger partial charge in [0.1, 0.15) is 5.75 Å². The molecule has 1 aromatic rings. The maximum absolute atomic E-state index is 10.5. The minimum absolute atomic E-state index is 0.0555. The predicted octanol–water partition coefficient (Wildman–Crippen LogP) is 2.49. The highest BCUT2D eigenvalue weighted by Gasteiger charge is 2.09. The van der Waals surface area contributed by atoms with Gasteiger partial charge in [-0.25, -0.2) is 0 Å². The molecular weight excluding hydrogens is 164 g/mol. The van der Waals surface area contributed by atoms with Crippen LogP contribution >= 0.6 is 0 Å². The normalized spacial score (nSPS) is 12.1. The highest BCUT2D eigenvalue weighted by Crippen LogP contribution is 2.28. The molecular formula is C11H12O2. The molecule has 0 heterocycles. The first-order chi connectivity index (χ1) is 6.20. The molecule has 0 bridgehead atoms. The van der Waals surface area contributed by atoms with Crippen LogP contribution in [0.25, 0.3) is 0 Å². The highest BCUT2D eigenvalue weighted by atomic mass is 16.3. The summed E-state index contributed by atoms with van der Waals surface area (Å²) in [6.45, 7) is 5.55. The fourth-order valence-electron chi connectivity index (χ4n) is 1.17. The number of hydrogen-bond acceptors (Lipinski definition) is 2. The van der Waals surface area contributed by atoms with E-state index in [1.807, 2.05) is 6.92 Å². The lowest BCUT2D eigenvalue weighted by molar-refractivity contribution is 0.112. The average molecular weight is 176 g/mol. The SMILES string of the molecule is C=C[C@@H](C)c1cccc(C=O)c1O. The van der Waals surface area contributed by atoms with Gasteiger partial charge in [-0.05, 0) is 6.07 Å². The Morgan fingerprint density at radius 2 is 2.23 bits per heavy atom. The number of carbonyl (C=O) groups excluding carboxylic acids is 1. The van der Waals surface area contributed by atoms with Gasteiger partial charge in [0.15, 0.2) is 6.29 Å². The van der Waals surface area contributed by atoms with Crippen LogP contribution < -0.4 is 0 Å². The summed E-state index contributed by atoms with van der Waals surface area (Å²) in [5, 5.41) is 9.61. The lowest BCUT2D eigenvalue weighted by Gasteiger charge is -2.09. The maximum Gasteiger partial charge on any atom is 0.153 e. The molecule has 13 heavy (non-hydrogen) atoms. The van der Waals surface area contributed by atoms with Crippen LogP contribution in [0.4, 0.5) is 0 Å². The van der Waals surface area contributed by atoms with Gasteiger partial charge in [-0.2, -0.15) is 0 Å². The first-order valence-corrected chi connectivity index (χ1v) is 4.10. The van der Waals surface area contributed by atoms with E-state index in [9.17, 15) is 9.90 Å². The van der Waals surface area contributed by atoms with Crippen molar-refractivity contribution in [3.8, 4) is 5.75 Å². The lowest BCUT2D eigenvalue weighted by Crippen LogP contribution is -1.92. The van der Waals surface area contributed by atoms with Gasteiger partial charge in [-0.3, -0.25) is 4.79 Å². The van der Waals surface area contributed by atoms with Crippen molar-refractivity contribution in [2.75, 3.05) is 0 Å². The summed E-state index contributed by atoms with van der Waals surface area (Å²) in [6.07, 6.45) is 2.37. The third kappa shape index (κ3) is 1.78. The van der Waals surface area contributed by atoms with Crippen LogP contribution in [0.1, 0.15) is 28.8 Å². The van der Waals surface area contributed by atoms with E-state index in [2.05, 4.69) is 6.58 Å². The Labute approximate surface area is 77.5 Å². The Bertz CT molecular complexity index is 329. The van der Waals surface area contributed by atoms with Crippen molar-refractivity contribution in [2.45, 2.75) is 12.8 Å². The van der Waals surface area contributed by atoms with Crippen LogP contribution in [-0.4, -0.2) is 11.4 Å². The smallest absolute Gasteiger partial charge is 0.153 e. The molecule has 0 radical (unpaired) electrons. The molecule has 0 spiro atoms. The molecule has 2 nitrogen and oxygen atoms in total. The number of carbonyl (C=O) groups is 1. The van der Waals surface area contributed by atoms with E-state index in [0.29, 0.717) is 11.8 Å². The van der Waals surface area contributed by atoms with Gasteiger partial charge in [0.25, 0.3) is 0 Å². The molecule has 68 valence electrons. The van der Waals surface area contributed by atoms with Gasteiger partial charge in [-0.1, -0.05) is 25.1 Å². The molecule has 0 aliphatic heterocycles. The standard InChI is InChI=1S/C11H12O2/c1-3-8(2)10-6-4-5-9(7-12)11(10)13/h3-8,13H,1H2,2H3/t8-/m1/s1. The van der Waals surface area contributed by atoms with Crippen LogP contribution in [0, 0.1) is 0 Å². The monoisotopic (exact) mass is 176 g/mol. The summed E-state index contributed by atoms with van der Waals surface area (Å²) in [5.74, 6) is 0.116. The summed E-state index contributed by atoms with van der Waals surface area (Å²) in [7, 11) is 0. The number of aldehydes is 1. The molecule has 1 rings (SSSR count). The molecule has 0 saturated carbocycles. The van der Waals surface area contributed by atoms with E-state index in [0.717, 1.165) is 5.56 Å². The summed E-state index contributed by atoms with van der Waals surface area (Å²) in [5.41, 5.74) is 1.06. The second-order valence-corrected chi connectivity index (χ2v) is 2.93. The minimum Gasteiger partial charge on any atom is -0.507 e. The molecule has 0 unspecified atom stereocenters. The van der Waals surface area contributed by atoms with Gasteiger partial charge < -0.3 is 5.11 Å². The fourth-order valence-corrected chi connectivity index (χ4v) is 1.17. The minimum atomic E-state index is 0.0555. The third-order valence-electron chi connectivity index (χ3n) is 2.07. The lowest BCUT2D eigenvalue weighted by atomic mass is 9.98. The topological polar surface area (TPSA) is 37.3 Å². The molecule has 0 aliphatic carbocycles. The van der Waals surface area contributed by atoms with Crippen molar-refractivity contribution in [3.05, 3.63) is 42.0 Å². The highest BCUT2D eigenvalue weighted by molar-refractivity contribution is 5.80. The third-order valence-corrected chi connectivity index (χ3v) is 2.07. The van der Waals surface area contributed by atoms with Crippen molar-refractivity contribution in [1.82, 2.24) is 0 Å². The average Bonchev–Trinajstić information content (AvgIpc) is 2.17. The van der Waals surface area contributed by atoms with E-state index in [-0.39, 0.29) is 11.7 Å². The zero-order chi connectivity index (χ0) is 9.84. The second-order valence-electron chi connectivity index (χ2n) is 2.93. The molecule has 1 N–H and O–H groups in total. The molecule has 0 amide bonds. The van der Waals surface area contributed by atoms with Crippen LogP contribution in [0.5, 0.6) is 5.75 Å². The molecule has 0 aromatic heterocycles.